The molecule has 2 fully saturated rings. The second-order valence-corrected chi connectivity index (χ2v) is 10.5. The lowest BCUT2D eigenvalue weighted by atomic mass is 9.61. The van der Waals surface area contributed by atoms with Crippen LogP contribution in [0.15, 0.2) is 18.2 Å². The monoisotopic (exact) mass is 317 g/mol. The van der Waals surface area contributed by atoms with Gasteiger partial charge in [-0.15, -0.1) is 0 Å². The molecule has 3 rings (SSSR count). The van der Waals surface area contributed by atoms with Gasteiger partial charge in [0.05, 0.1) is 0 Å². The number of rotatable bonds is 4. The van der Waals surface area contributed by atoms with Crippen molar-refractivity contribution in [2.24, 2.45) is 16.7 Å². The van der Waals surface area contributed by atoms with Gasteiger partial charge in [-0.1, -0.05) is 40.7 Å². The molecule has 1 aromatic rings. The van der Waals surface area contributed by atoms with E-state index >= 15 is 0 Å². The quantitative estimate of drug-likeness (QED) is 0.710. The first-order chi connectivity index (χ1) is 10.2. The third-order valence-electron chi connectivity index (χ3n) is 6.59. The van der Waals surface area contributed by atoms with E-state index in [2.05, 4.69) is 71.5 Å². The first-order valence-electron chi connectivity index (χ1n) is 8.81. The van der Waals surface area contributed by atoms with Gasteiger partial charge in [-0.2, -0.15) is 11.8 Å². The lowest BCUT2D eigenvalue weighted by Gasteiger charge is -2.55. The van der Waals surface area contributed by atoms with E-state index in [9.17, 15) is 0 Å². The maximum atomic E-state index is 4.86. The molecule has 3 atom stereocenters. The normalized spacial score (nSPS) is 36.2. The molecule has 0 aliphatic heterocycles. The molecular weight excluding hydrogens is 286 g/mol. The first kappa shape index (κ1) is 16.4. The summed E-state index contributed by atoms with van der Waals surface area (Å²) in [6.07, 6.45) is 5.35. The zero-order chi connectivity index (χ0) is 16.2. The van der Waals surface area contributed by atoms with Crippen LogP contribution in [0.2, 0.25) is 0 Å². The number of nitrogens with zero attached hydrogens (tertiary/aromatic N) is 1. The van der Waals surface area contributed by atoms with Crippen molar-refractivity contribution < 1.29 is 0 Å². The number of fused-ring (bicyclic) bond motifs is 2. The van der Waals surface area contributed by atoms with E-state index in [1.165, 1.54) is 25.0 Å². The minimum atomic E-state index is 0.317. The summed E-state index contributed by atoms with van der Waals surface area (Å²) in [6, 6.07) is 6.52. The Bertz CT molecular complexity index is 558. The number of thioether (sulfide) groups is 1. The molecule has 22 heavy (non-hydrogen) atoms. The van der Waals surface area contributed by atoms with Gasteiger partial charge in [0, 0.05) is 22.6 Å². The van der Waals surface area contributed by atoms with Crippen LogP contribution in [0.3, 0.4) is 0 Å². The van der Waals surface area contributed by atoms with E-state index in [0.29, 0.717) is 20.8 Å². The number of hydrogen-bond donors (Lipinski definition) is 0. The summed E-state index contributed by atoms with van der Waals surface area (Å²) in [4.78, 5) is 4.86. The molecule has 0 N–H and O–H groups in total. The molecule has 1 nitrogen and oxygen atoms in total. The van der Waals surface area contributed by atoms with Crippen molar-refractivity contribution in [3.8, 4) is 0 Å². The summed E-state index contributed by atoms with van der Waals surface area (Å²) >= 11 is 2.24. The van der Waals surface area contributed by atoms with Crippen molar-refractivity contribution in [1.29, 1.82) is 0 Å². The van der Waals surface area contributed by atoms with Gasteiger partial charge in [0.1, 0.15) is 0 Å². The molecule has 0 amide bonds. The molecule has 0 aromatic carbocycles. The van der Waals surface area contributed by atoms with Crippen LogP contribution in [0.5, 0.6) is 0 Å². The van der Waals surface area contributed by atoms with Crippen LogP contribution in [-0.2, 0) is 6.42 Å². The molecular formula is C20H31NS. The van der Waals surface area contributed by atoms with Gasteiger partial charge >= 0.3 is 0 Å². The molecule has 1 aromatic heterocycles. The van der Waals surface area contributed by atoms with E-state index < -0.39 is 0 Å². The van der Waals surface area contributed by atoms with Crippen molar-refractivity contribution >= 4 is 11.8 Å². The van der Waals surface area contributed by atoms with Gasteiger partial charge in [-0.3, -0.25) is 4.98 Å². The largest absolute Gasteiger partial charge is 0.258 e. The maximum Gasteiger partial charge on any atom is 0.0421 e. The Morgan fingerprint density at radius 2 is 2.00 bits per heavy atom. The Morgan fingerprint density at radius 1 is 1.27 bits per heavy atom. The number of aryl methyl sites for hydroxylation is 1. The van der Waals surface area contributed by atoms with Gasteiger partial charge in [-0.05, 0) is 60.3 Å². The summed E-state index contributed by atoms with van der Waals surface area (Å²) in [7, 11) is 0. The maximum absolute atomic E-state index is 4.86. The van der Waals surface area contributed by atoms with Crippen LogP contribution in [-0.4, -0.2) is 15.0 Å². The summed E-state index contributed by atoms with van der Waals surface area (Å²) < 4.78 is 0.317. The fourth-order valence-corrected chi connectivity index (χ4v) is 7.44. The number of hydrogen-bond acceptors (Lipinski definition) is 2. The minimum absolute atomic E-state index is 0.317. The van der Waals surface area contributed by atoms with Gasteiger partial charge in [0.15, 0.2) is 0 Å². The molecule has 2 aliphatic rings. The van der Waals surface area contributed by atoms with Gasteiger partial charge in [0.2, 0.25) is 0 Å². The molecule has 0 saturated heterocycles. The van der Waals surface area contributed by atoms with Crippen LogP contribution < -0.4 is 0 Å². The predicted molar refractivity (Wildman–Crippen MR) is 97.4 cm³/mol. The van der Waals surface area contributed by atoms with E-state index in [0.717, 1.165) is 18.0 Å². The van der Waals surface area contributed by atoms with Crippen molar-refractivity contribution in [2.75, 3.05) is 0 Å². The predicted octanol–water partition coefficient (Wildman–Crippen LogP) is 5.66. The summed E-state index contributed by atoms with van der Waals surface area (Å²) in [5.41, 5.74) is 3.28. The average Bonchev–Trinajstić information content (AvgIpc) is 2.86. The van der Waals surface area contributed by atoms with Crippen molar-refractivity contribution in [3.05, 3.63) is 29.6 Å². The third-order valence-corrected chi connectivity index (χ3v) is 8.63. The fourth-order valence-electron chi connectivity index (χ4n) is 5.46. The Balaban J connectivity index is 2.05. The molecule has 2 bridgehead atoms. The zero-order valence-corrected chi connectivity index (χ0v) is 15.9. The molecule has 2 heteroatoms. The number of pyridine rings is 1. The highest BCUT2D eigenvalue weighted by atomic mass is 32.2. The van der Waals surface area contributed by atoms with Gasteiger partial charge in [0.25, 0.3) is 0 Å². The highest BCUT2D eigenvalue weighted by molar-refractivity contribution is 8.01. The fraction of sp³-hybridized carbons (Fsp3) is 0.750. The second-order valence-electron chi connectivity index (χ2n) is 8.66. The van der Waals surface area contributed by atoms with E-state index in [4.69, 9.17) is 4.98 Å². The van der Waals surface area contributed by atoms with Gasteiger partial charge in [-0.25, -0.2) is 0 Å². The molecule has 0 spiro atoms. The van der Waals surface area contributed by atoms with E-state index in [-0.39, 0.29) is 0 Å². The molecule has 2 aliphatic carbocycles. The lowest BCUT2D eigenvalue weighted by molar-refractivity contribution is 0.107. The highest BCUT2D eigenvalue weighted by Gasteiger charge is 2.68. The Kier molecular flexibility index (Phi) is 3.91. The topological polar surface area (TPSA) is 12.9 Å². The van der Waals surface area contributed by atoms with Crippen molar-refractivity contribution in [2.45, 2.75) is 77.2 Å². The first-order valence-corrected chi connectivity index (χ1v) is 9.68. The average molecular weight is 318 g/mol. The lowest BCUT2D eigenvalue weighted by Crippen LogP contribution is -2.53. The van der Waals surface area contributed by atoms with Gasteiger partial charge < -0.3 is 0 Å². The molecule has 0 unspecified atom stereocenters. The SMILES string of the molecule is Cc1cccc(C[C@]2(SC(C)C)C(C)(C)[C@H]3CC[C@]2(C)C3)n1. The second kappa shape index (κ2) is 5.26. The minimum Gasteiger partial charge on any atom is -0.258 e. The Morgan fingerprint density at radius 3 is 2.55 bits per heavy atom. The summed E-state index contributed by atoms with van der Waals surface area (Å²) in [6.45, 7) is 14.5. The highest BCUT2D eigenvalue weighted by Crippen LogP contribution is 2.73. The molecule has 122 valence electrons. The molecule has 1 heterocycles. The van der Waals surface area contributed by atoms with Crippen LogP contribution in [0.25, 0.3) is 0 Å². The zero-order valence-electron chi connectivity index (χ0n) is 15.1. The Hall–Kier alpha value is -0.500. The van der Waals surface area contributed by atoms with Crippen LogP contribution in [0.4, 0.5) is 0 Å². The molecule has 0 radical (unpaired) electrons. The summed E-state index contributed by atoms with van der Waals surface area (Å²) in [5, 5.41) is 0.667. The van der Waals surface area contributed by atoms with Crippen molar-refractivity contribution in [1.82, 2.24) is 4.98 Å². The van der Waals surface area contributed by atoms with Crippen LogP contribution >= 0.6 is 11.8 Å². The standard InChI is InChI=1S/C20H31NS/c1-14(2)22-20(13-17-9-7-8-15(3)21-17)18(4,5)16-10-11-19(20,6)12-16/h7-9,14,16H,10-13H2,1-6H3/t16-,19+,20-/m0/s1. The van der Waals surface area contributed by atoms with Crippen LogP contribution in [0, 0.1) is 23.7 Å². The van der Waals surface area contributed by atoms with E-state index in [1.54, 1.807) is 0 Å². The smallest absolute Gasteiger partial charge is 0.0421 e. The third kappa shape index (κ3) is 2.25. The van der Waals surface area contributed by atoms with Crippen molar-refractivity contribution in [3.63, 3.8) is 0 Å². The van der Waals surface area contributed by atoms with E-state index in [1.807, 2.05) is 0 Å². The van der Waals surface area contributed by atoms with Crippen LogP contribution in [0.1, 0.15) is 65.3 Å². The molecule has 2 saturated carbocycles. The summed E-state index contributed by atoms with van der Waals surface area (Å²) in [5.74, 6) is 0.883. The number of aromatic nitrogens is 1. The Labute approximate surface area is 140 Å².